The minimum Gasteiger partial charge on any atom is -0.457 e. The molecule has 0 heterocycles. The standard InChI is InChI=1S/C13H9BrFNO4/c14-11-3-2-10(6-12(11)15)20-13-4-1-9(16(18)19)5-8(13)7-17/h1-6,17H,7H2. The van der Waals surface area contributed by atoms with Gasteiger partial charge in [-0.3, -0.25) is 10.1 Å². The maximum atomic E-state index is 13.4. The van der Waals surface area contributed by atoms with Crippen LogP contribution in [0.2, 0.25) is 0 Å². The molecule has 0 amide bonds. The number of nitrogens with zero attached hydrogens (tertiary/aromatic N) is 1. The van der Waals surface area contributed by atoms with Crippen molar-refractivity contribution in [1.29, 1.82) is 0 Å². The fraction of sp³-hybridized carbons (Fsp3) is 0.0769. The summed E-state index contributed by atoms with van der Waals surface area (Å²) in [5.41, 5.74) is 0.103. The van der Waals surface area contributed by atoms with Crippen LogP contribution >= 0.6 is 15.9 Å². The van der Waals surface area contributed by atoms with E-state index in [1.807, 2.05) is 0 Å². The Kier molecular flexibility index (Phi) is 4.31. The molecule has 0 atom stereocenters. The van der Waals surface area contributed by atoms with Crippen LogP contribution in [0.25, 0.3) is 0 Å². The van der Waals surface area contributed by atoms with Gasteiger partial charge in [0.2, 0.25) is 0 Å². The number of rotatable bonds is 4. The molecule has 0 saturated heterocycles. The number of hydrogen-bond donors (Lipinski definition) is 1. The molecule has 104 valence electrons. The molecule has 0 aliphatic carbocycles. The fourth-order valence-corrected chi connectivity index (χ4v) is 1.82. The Balaban J connectivity index is 2.32. The van der Waals surface area contributed by atoms with E-state index < -0.39 is 17.3 Å². The molecule has 0 spiro atoms. The molecule has 2 rings (SSSR count). The van der Waals surface area contributed by atoms with Crippen LogP contribution in [0, 0.1) is 15.9 Å². The Labute approximate surface area is 121 Å². The number of aliphatic hydroxyl groups is 1. The second-order valence-electron chi connectivity index (χ2n) is 3.89. The van der Waals surface area contributed by atoms with Crippen molar-refractivity contribution in [2.24, 2.45) is 0 Å². The van der Waals surface area contributed by atoms with E-state index in [4.69, 9.17) is 4.74 Å². The predicted molar refractivity (Wildman–Crippen MR) is 73.2 cm³/mol. The maximum absolute atomic E-state index is 13.4. The first-order chi connectivity index (χ1) is 9.51. The number of non-ortho nitro benzene ring substituents is 1. The van der Waals surface area contributed by atoms with Crippen molar-refractivity contribution in [3.8, 4) is 11.5 Å². The number of benzene rings is 2. The average Bonchev–Trinajstić information content (AvgIpc) is 2.43. The van der Waals surface area contributed by atoms with E-state index >= 15 is 0 Å². The molecule has 5 nitrogen and oxygen atoms in total. The summed E-state index contributed by atoms with van der Waals surface area (Å²) in [4.78, 5) is 10.1. The molecule has 0 aliphatic rings. The summed E-state index contributed by atoms with van der Waals surface area (Å²) < 4.78 is 19.1. The first kappa shape index (κ1) is 14.4. The quantitative estimate of drug-likeness (QED) is 0.678. The molecule has 20 heavy (non-hydrogen) atoms. The van der Waals surface area contributed by atoms with Crippen LogP contribution in [0.5, 0.6) is 11.5 Å². The molecule has 0 radical (unpaired) electrons. The van der Waals surface area contributed by atoms with Crippen molar-refractivity contribution < 1.29 is 19.2 Å². The van der Waals surface area contributed by atoms with Crippen LogP contribution in [0.3, 0.4) is 0 Å². The number of halogens is 2. The van der Waals surface area contributed by atoms with E-state index in [0.29, 0.717) is 4.47 Å². The van der Waals surface area contributed by atoms with Gasteiger partial charge in [0.25, 0.3) is 5.69 Å². The summed E-state index contributed by atoms with van der Waals surface area (Å²) in [7, 11) is 0. The van der Waals surface area contributed by atoms with Crippen LogP contribution in [0.1, 0.15) is 5.56 Å². The largest absolute Gasteiger partial charge is 0.457 e. The summed E-state index contributed by atoms with van der Waals surface area (Å²) in [6.45, 7) is -0.421. The van der Waals surface area contributed by atoms with Gasteiger partial charge in [0.1, 0.15) is 17.3 Å². The van der Waals surface area contributed by atoms with Gasteiger partial charge in [0.15, 0.2) is 0 Å². The van der Waals surface area contributed by atoms with Crippen molar-refractivity contribution in [2.75, 3.05) is 0 Å². The van der Waals surface area contributed by atoms with E-state index in [1.165, 1.54) is 36.4 Å². The monoisotopic (exact) mass is 341 g/mol. The Morgan fingerprint density at radius 2 is 2.05 bits per heavy atom. The molecule has 0 unspecified atom stereocenters. The van der Waals surface area contributed by atoms with Gasteiger partial charge in [0.05, 0.1) is 16.0 Å². The van der Waals surface area contributed by atoms with E-state index in [0.717, 1.165) is 0 Å². The van der Waals surface area contributed by atoms with Gasteiger partial charge in [-0.25, -0.2) is 4.39 Å². The maximum Gasteiger partial charge on any atom is 0.270 e. The van der Waals surface area contributed by atoms with E-state index in [9.17, 15) is 19.6 Å². The topological polar surface area (TPSA) is 72.6 Å². The fourth-order valence-electron chi connectivity index (χ4n) is 1.57. The van der Waals surface area contributed by atoms with Crippen LogP contribution < -0.4 is 4.74 Å². The smallest absolute Gasteiger partial charge is 0.270 e. The number of nitro benzene ring substituents is 1. The summed E-state index contributed by atoms with van der Waals surface area (Å²) in [5, 5.41) is 19.9. The molecular weight excluding hydrogens is 333 g/mol. The molecule has 0 aliphatic heterocycles. The Bertz CT molecular complexity index is 663. The van der Waals surface area contributed by atoms with Crippen molar-refractivity contribution in [2.45, 2.75) is 6.61 Å². The second-order valence-corrected chi connectivity index (χ2v) is 4.74. The predicted octanol–water partition coefficient (Wildman–Crippen LogP) is 3.78. The first-order valence-corrected chi connectivity index (χ1v) is 6.31. The highest BCUT2D eigenvalue weighted by Crippen LogP contribution is 2.30. The van der Waals surface area contributed by atoms with Crippen molar-refractivity contribution in [1.82, 2.24) is 0 Å². The molecule has 0 saturated carbocycles. The highest BCUT2D eigenvalue weighted by molar-refractivity contribution is 9.10. The van der Waals surface area contributed by atoms with Crippen molar-refractivity contribution >= 4 is 21.6 Å². The molecule has 7 heteroatoms. The number of ether oxygens (including phenoxy) is 1. The zero-order valence-electron chi connectivity index (χ0n) is 10.0. The Morgan fingerprint density at radius 1 is 1.30 bits per heavy atom. The van der Waals surface area contributed by atoms with Gasteiger partial charge in [-0.2, -0.15) is 0 Å². The van der Waals surface area contributed by atoms with Gasteiger partial charge < -0.3 is 9.84 Å². The van der Waals surface area contributed by atoms with Crippen LogP contribution in [-0.2, 0) is 6.61 Å². The first-order valence-electron chi connectivity index (χ1n) is 5.52. The van der Waals surface area contributed by atoms with Crippen LogP contribution in [0.4, 0.5) is 10.1 Å². The number of aliphatic hydroxyl groups excluding tert-OH is 1. The normalized spacial score (nSPS) is 10.3. The minimum absolute atomic E-state index is 0.150. The second kappa shape index (κ2) is 5.98. The molecule has 0 aromatic heterocycles. The third-order valence-electron chi connectivity index (χ3n) is 2.54. The molecule has 1 N–H and O–H groups in total. The summed E-state index contributed by atoms with van der Waals surface area (Å²) in [6, 6.07) is 8.02. The molecule has 0 bridgehead atoms. The molecule has 2 aromatic rings. The third kappa shape index (κ3) is 3.12. The minimum atomic E-state index is -0.567. The number of hydrogen-bond acceptors (Lipinski definition) is 4. The Morgan fingerprint density at radius 3 is 2.65 bits per heavy atom. The lowest BCUT2D eigenvalue weighted by atomic mass is 10.2. The highest BCUT2D eigenvalue weighted by Gasteiger charge is 2.12. The van der Waals surface area contributed by atoms with E-state index in [-0.39, 0.29) is 22.7 Å². The van der Waals surface area contributed by atoms with Crippen molar-refractivity contribution in [3.05, 3.63) is 62.4 Å². The van der Waals surface area contributed by atoms with Gasteiger partial charge in [-0.15, -0.1) is 0 Å². The Hall–Kier alpha value is -1.99. The van der Waals surface area contributed by atoms with Gasteiger partial charge in [0, 0.05) is 23.8 Å². The summed E-state index contributed by atoms with van der Waals surface area (Å²) in [6.07, 6.45) is 0. The third-order valence-corrected chi connectivity index (χ3v) is 3.19. The lowest BCUT2D eigenvalue weighted by molar-refractivity contribution is -0.385. The molecule has 0 fully saturated rings. The lowest BCUT2D eigenvalue weighted by Crippen LogP contribution is -1.95. The average molecular weight is 342 g/mol. The van der Waals surface area contributed by atoms with Crippen molar-refractivity contribution in [3.63, 3.8) is 0 Å². The SMILES string of the molecule is O=[N+]([O-])c1ccc(Oc2ccc(Br)c(F)c2)c(CO)c1. The molecular formula is C13H9BrFNO4. The van der Waals surface area contributed by atoms with Gasteiger partial charge in [-0.1, -0.05) is 0 Å². The van der Waals surface area contributed by atoms with E-state index in [2.05, 4.69) is 15.9 Å². The summed E-state index contributed by atoms with van der Waals surface area (Å²) in [5.74, 6) is -0.0240. The zero-order valence-corrected chi connectivity index (χ0v) is 11.6. The lowest BCUT2D eigenvalue weighted by Gasteiger charge is -2.10. The van der Waals surface area contributed by atoms with E-state index in [1.54, 1.807) is 0 Å². The summed E-state index contributed by atoms with van der Waals surface area (Å²) >= 11 is 3.02. The van der Waals surface area contributed by atoms with Crippen LogP contribution in [-0.4, -0.2) is 10.0 Å². The van der Waals surface area contributed by atoms with Gasteiger partial charge >= 0.3 is 0 Å². The molecule has 2 aromatic carbocycles. The number of nitro groups is 1. The zero-order chi connectivity index (χ0) is 14.7. The highest BCUT2D eigenvalue weighted by atomic mass is 79.9. The van der Waals surface area contributed by atoms with Gasteiger partial charge in [-0.05, 0) is 34.1 Å². The van der Waals surface area contributed by atoms with Crippen LogP contribution in [0.15, 0.2) is 40.9 Å².